The van der Waals surface area contributed by atoms with Crippen LogP contribution in [0, 0.1) is 5.92 Å². The second-order valence-corrected chi connectivity index (χ2v) is 11.9. The standard InChI is InChI=1S/C32H31BrClN5O4.ClH/c1-32(37-2,31(36)42)25-17-39(29(40)18-4-9-22(35)10-5-18)27-15-21(34)8-12-26(27)38(30(25)41)16-24-23-11-7-20(33)14-19(23)6-13-28(24)43-3;/h4-15,25,37H,16-17,35H2,1-3H3,(H2,36,42);1H/t25-,32?;/m1./s1. The first kappa shape index (κ1) is 33.1. The van der Waals surface area contributed by atoms with E-state index in [1.165, 1.54) is 4.90 Å². The van der Waals surface area contributed by atoms with E-state index in [0.717, 1.165) is 20.8 Å². The number of ether oxygens (including phenoxy) is 1. The molecule has 2 atom stereocenters. The number of amides is 3. The number of hydrogen-bond donors (Lipinski definition) is 3. The number of rotatable bonds is 7. The summed E-state index contributed by atoms with van der Waals surface area (Å²) >= 11 is 10.0. The van der Waals surface area contributed by atoms with Gasteiger partial charge in [0.15, 0.2) is 0 Å². The topological polar surface area (TPSA) is 131 Å². The molecule has 44 heavy (non-hydrogen) atoms. The zero-order chi connectivity index (χ0) is 31.1. The van der Waals surface area contributed by atoms with Gasteiger partial charge in [0.25, 0.3) is 5.91 Å². The Morgan fingerprint density at radius 2 is 1.77 bits per heavy atom. The van der Waals surface area contributed by atoms with Crippen molar-refractivity contribution in [1.29, 1.82) is 0 Å². The molecule has 0 spiro atoms. The van der Waals surface area contributed by atoms with Gasteiger partial charge in [0.1, 0.15) is 11.3 Å². The molecule has 1 unspecified atom stereocenters. The Morgan fingerprint density at radius 3 is 2.41 bits per heavy atom. The highest BCUT2D eigenvalue weighted by Crippen LogP contribution is 2.42. The lowest BCUT2D eigenvalue weighted by atomic mass is 9.83. The minimum absolute atomic E-state index is 0. The molecule has 0 aliphatic carbocycles. The van der Waals surface area contributed by atoms with E-state index >= 15 is 0 Å². The van der Waals surface area contributed by atoms with E-state index in [0.29, 0.717) is 33.4 Å². The highest BCUT2D eigenvalue weighted by atomic mass is 79.9. The van der Waals surface area contributed by atoms with E-state index in [9.17, 15) is 14.4 Å². The van der Waals surface area contributed by atoms with Crippen LogP contribution in [0.2, 0.25) is 5.02 Å². The molecule has 3 amide bonds. The third-order valence-corrected chi connectivity index (χ3v) is 8.89. The second kappa shape index (κ2) is 13.0. The van der Waals surface area contributed by atoms with E-state index in [1.54, 1.807) is 68.4 Å². The number of nitrogen functional groups attached to an aromatic ring is 1. The van der Waals surface area contributed by atoms with Crippen LogP contribution >= 0.6 is 39.9 Å². The number of carbonyl (C=O) groups is 3. The Morgan fingerprint density at radius 1 is 1.07 bits per heavy atom. The molecule has 230 valence electrons. The summed E-state index contributed by atoms with van der Waals surface area (Å²) in [4.78, 5) is 44.8. The van der Waals surface area contributed by atoms with Crippen LogP contribution in [0.1, 0.15) is 22.8 Å². The molecule has 1 heterocycles. The largest absolute Gasteiger partial charge is 0.496 e. The number of hydrogen-bond acceptors (Lipinski definition) is 6. The first-order valence-electron chi connectivity index (χ1n) is 13.5. The molecule has 12 heteroatoms. The zero-order valence-corrected chi connectivity index (χ0v) is 27.4. The predicted octanol–water partition coefficient (Wildman–Crippen LogP) is 5.54. The van der Waals surface area contributed by atoms with Gasteiger partial charge >= 0.3 is 0 Å². The van der Waals surface area contributed by atoms with Crippen LogP contribution in [0.15, 0.2) is 77.3 Å². The van der Waals surface area contributed by atoms with E-state index in [4.69, 9.17) is 27.8 Å². The molecule has 0 bridgehead atoms. The average Bonchev–Trinajstić information content (AvgIpc) is 3.10. The van der Waals surface area contributed by atoms with Crippen molar-refractivity contribution in [2.45, 2.75) is 19.0 Å². The molecule has 0 fully saturated rings. The van der Waals surface area contributed by atoms with Gasteiger partial charge < -0.3 is 31.3 Å². The van der Waals surface area contributed by atoms with Crippen molar-refractivity contribution >= 4 is 85.5 Å². The van der Waals surface area contributed by atoms with Gasteiger partial charge in [-0.25, -0.2) is 0 Å². The molecule has 1 aliphatic rings. The fourth-order valence-electron chi connectivity index (χ4n) is 5.50. The summed E-state index contributed by atoms with van der Waals surface area (Å²) in [6.07, 6.45) is 0. The molecule has 5 rings (SSSR count). The lowest BCUT2D eigenvalue weighted by Crippen LogP contribution is -2.63. The summed E-state index contributed by atoms with van der Waals surface area (Å²) in [7, 11) is 3.14. The van der Waals surface area contributed by atoms with Crippen LogP contribution in [0.25, 0.3) is 10.8 Å². The van der Waals surface area contributed by atoms with Crippen molar-refractivity contribution in [1.82, 2.24) is 5.32 Å². The number of nitrogens with two attached hydrogens (primary N) is 2. The van der Waals surface area contributed by atoms with E-state index in [2.05, 4.69) is 21.2 Å². The van der Waals surface area contributed by atoms with E-state index < -0.39 is 29.2 Å². The third-order valence-electron chi connectivity index (χ3n) is 8.17. The minimum Gasteiger partial charge on any atom is -0.496 e. The van der Waals surface area contributed by atoms with Crippen LogP contribution in [-0.2, 0) is 16.1 Å². The number of halogens is 3. The first-order valence-corrected chi connectivity index (χ1v) is 14.7. The van der Waals surface area contributed by atoms with Crippen molar-refractivity contribution in [3.8, 4) is 5.75 Å². The Balaban J connectivity index is 0.00000442. The third kappa shape index (κ3) is 5.95. The fraction of sp³-hybridized carbons (Fsp3) is 0.219. The van der Waals surface area contributed by atoms with Crippen LogP contribution in [-0.4, -0.2) is 44.0 Å². The van der Waals surface area contributed by atoms with Gasteiger partial charge in [-0.2, -0.15) is 0 Å². The molecule has 0 saturated heterocycles. The zero-order valence-electron chi connectivity index (χ0n) is 24.3. The highest BCUT2D eigenvalue weighted by molar-refractivity contribution is 9.10. The summed E-state index contributed by atoms with van der Waals surface area (Å²) in [5, 5.41) is 5.16. The summed E-state index contributed by atoms with van der Waals surface area (Å²) in [5.41, 5.74) is 12.7. The minimum atomic E-state index is -1.51. The normalized spacial score (nSPS) is 16.0. The fourth-order valence-corrected chi connectivity index (χ4v) is 6.05. The number of likely N-dealkylation sites (N-methyl/N-ethyl adjacent to an activating group) is 1. The highest BCUT2D eigenvalue weighted by Gasteiger charge is 2.49. The summed E-state index contributed by atoms with van der Waals surface area (Å²) in [5.74, 6) is -2.01. The van der Waals surface area contributed by atoms with Crippen molar-refractivity contribution in [2.24, 2.45) is 11.7 Å². The summed E-state index contributed by atoms with van der Waals surface area (Å²) in [6, 6.07) is 21.2. The van der Waals surface area contributed by atoms with Gasteiger partial charge in [-0.05, 0) is 85.4 Å². The van der Waals surface area contributed by atoms with Crippen molar-refractivity contribution < 1.29 is 19.1 Å². The van der Waals surface area contributed by atoms with Crippen LogP contribution in [0.5, 0.6) is 5.75 Å². The molecule has 9 nitrogen and oxygen atoms in total. The maximum Gasteiger partial charge on any atom is 0.258 e. The summed E-state index contributed by atoms with van der Waals surface area (Å²) in [6.45, 7) is 1.50. The maximum absolute atomic E-state index is 14.7. The van der Waals surface area contributed by atoms with Gasteiger partial charge in [-0.3, -0.25) is 14.4 Å². The molecule has 4 aromatic carbocycles. The van der Waals surface area contributed by atoms with Gasteiger partial charge in [-0.15, -0.1) is 12.4 Å². The number of primary amides is 1. The molecule has 5 N–H and O–H groups in total. The lowest BCUT2D eigenvalue weighted by Gasteiger charge is -2.36. The molecular formula is C32H32BrCl2N5O4. The van der Waals surface area contributed by atoms with Crippen LogP contribution in [0.3, 0.4) is 0 Å². The van der Waals surface area contributed by atoms with Crippen molar-refractivity contribution in [2.75, 3.05) is 36.2 Å². The SMILES string of the molecule is CNC(C)(C(N)=O)[C@@H]1CN(C(=O)c2ccc(N)cc2)c2cc(Cl)ccc2N(Cc2c(OC)ccc3cc(Br)ccc23)C1=O.Cl. The number of methoxy groups -OCH3 is 1. The smallest absolute Gasteiger partial charge is 0.258 e. The number of benzene rings is 4. The summed E-state index contributed by atoms with van der Waals surface area (Å²) < 4.78 is 6.65. The second-order valence-electron chi connectivity index (χ2n) is 10.6. The van der Waals surface area contributed by atoms with Gasteiger partial charge in [-0.1, -0.05) is 39.7 Å². The number of nitrogens with one attached hydrogen (secondary N) is 1. The van der Waals surface area contributed by atoms with E-state index in [1.807, 2.05) is 30.3 Å². The Kier molecular flexibility index (Phi) is 9.80. The molecule has 1 aliphatic heterocycles. The van der Waals surface area contributed by atoms with Gasteiger partial charge in [0.2, 0.25) is 11.8 Å². The van der Waals surface area contributed by atoms with E-state index in [-0.39, 0.29) is 25.5 Å². The molecule has 0 aromatic heterocycles. The number of nitrogens with zero attached hydrogens (tertiary/aromatic N) is 2. The number of fused-ring (bicyclic) bond motifs is 2. The Bertz CT molecular complexity index is 1750. The number of anilines is 3. The lowest BCUT2D eigenvalue weighted by molar-refractivity contribution is -0.133. The Hall–Kier alpha value is -3.83. The van der Waals surface area contributed by atoms with Crippen LogP contribution in [0.4, 0.5) is 17.1 Å². The van der Waals surface area contributed by atoms with Crippen molar-refractivity contribution in [3.63, 3.8) is 0 Å². The van der Waals surface area contributed by atoms with Crippen molar-refractivity contribution in [3.05, 3.63) is 93.4 Å². The number of carbonyl (C=O) groups excluding carboxylic acids is 3. The van der Waals surface area contributed by atoms with Gasteiger partial charge in [0, 0.05) is 32.9 Å². The average molecular weight is 701 g/mol. The molecular weight excluding hydrogens is 669 g/mol. The molecule has 0 saturated carbocycles. The monoisotopic (exact) mass is 699 g/mol. The quantitative estimate of drug-likeness (QED) is 0.217. The first-order chi connectivity index (χ1) is 20.5. The van der Waals surface area contributed by atoms with Gasteiger partial charge in [0.05, 0.1) is 30.9 Å². The molecule has 0 radical (unpaired) electrons. The molecule has 4 aromatic rings. The predicted molar refractivity (Wildman–Crippen MR) is 181 cm³/mol. The van der Waals surface area contributed by atoms with Crippen LogP contribution < -0.4 is 31.3 Å². The maximum atomic E-state index is 14.7. The Labute approximate surface area is 275 Å².